The second kappa shape index (κ2) is 5.69. The van der Waals surface area contributed by atoms with Crippen molar-refractivity contribution in [3.8, 4) is 0 Å². The molecule has 1 aliphatic heterocycles. The lowest BCUT2D eigenvalue weighted by atomic mass is 9.86. The Balaban J connectivity index is 2.05. The van der Waals surface area contributed by atoms with Crippen LogP contribution in [0.15, 0.2) is 0 Å². The van der Waals surface area contributed by atoms with Gasteiger partial charge in [0.1, 0.15) is 6.04 Å². The van der Waals surface area contributed by atoms with Crippen LogP contribution in [-0.4, -0.2) is 54.6 Å². The molecule has 6 nitrogen and oxygen atoms in total. The Hall–Kier alpha value is -1.14. The van der Waals surface area contributed by atoms with Crippen LogP contribution in [0.5, 0.6) is 0 Å². The molecular weight excluding hydrogens is 258 g/mol. The van der Waals surface area contributed by atoms with Gasteiger partial charge in [0.25, 0.3) is 0 Å². The van der Waals surface area contributed by atoms with Gasteiger partial charge in [0, 0.05) is 12.6 Å². The molecule has 0 aromatic heterocycles. The van der Waals surface area contributed by atoms with Crippen LogP contribution in [0.3, 0.4) is 0 Å². The molecule has 0 spiro atoms. The first-order chi connectivity index (χ1) is 9.30. The molecule has 114 valence electrons. The van der Waals surface area contributed by atoms with Gasteiger partial charge in [0.05, 0.1) is 19.3 Å². The van der Waals surface area contributed by atoms with Crippen LogP contribution < -0.4 is 11.1 Å². The van der Waals surface area contributed by atoms with E-state index >= 15 is 0 Å². The highest BCUT2D eigenvalue weighted by molar-refractivity contribution is 5.90. The van der Waals surface area contributed by atoms with Gasteiger partial charge in [-0.2, -0.15) is 0 Å². The fourth-order valence-electron chi connectivity index (χ4n) is 2.16. The van der Waals surface area contributed by atoms with Crippen molar-refractivity contribution >= 4 is 11.8 Å². The molecule has 1 heterocycles. The summed E-state index contributed by atoms with van der Waals surface area (Å²) in [5.74, 6) is -0.293. The molecule has 2 aliphatic rings. The molecule has 2 amide bonds. The summed E-state index contributed by atoms with van der Waals surface area (Å²) < 4.78 is 5.36. The lowest BCUT2D eigenvalue weighted by Crippen LogP contribution is -2.61. The van der Waals surface area contributed by atoms with Crippen molar-refractivity contribution in [2.75, 3.05) is 19.8 Å². The Morgan fingerprint density at radius 3 is 2.55 bits per heavy atom. The van der Waals surface area contributed by atoms with E-state index in [4.69, 9.17) is 10.5 Å². The Labute approximate surface area is 120 Å². The minimum atomic E-state index is -0.614. The molecule has 1 saturated heterocycles. The van der Waals surface area contributed by atoms with E-state index in [0.717, 1.165) is 12.8 Å². The molecule has 0 bridgehead atoms. The number of carbonyl (C=O) groups is 2. The zero-order valence-electron chi connectivity index (χ0n) is 12.5. The fraction of sp³-hybridized carbons (Fsp3) is 0.857. The summed E-state index contributed by atoms with van der Waals surface area (Å²) in [5.41, 5.74) is 5.71. The number of morpholine rings is 1. The number of nitrogens with one attached hydrogen (secondary N) is 1. The van der Waals surface area contributed by atoms with Crippen molar-refractivity contribution in [3.63, 3.8) is 0 Å². The molecule has 2 atom stereocenters. The predicted molar refractivity (Wildman–Crippen MR) is 74.9 cm³/mol. The van der Waals surface area contributed by atoms with E-state index in [-0.39, 0.29) is 29.9 Å². The van der Waals surface area contributed by atoms with Gasteiger partial charge in [-0.1, -0.05) is 20.8 Å². The summed E-state index contributed by atoms with van der Waals surface area (Å²) in [5, 5.41) is 2.93. The quantitative estimate of drug-likeness (QED) is 0.755. The number of ether oxygens (including phenoxy) is 1. The second-order valence-corrected chi connectivity index (χ2v) is 6.75. The number of nitrogens with two attached hydrogens (primary N) is 1. The van der Waals surface area contributed by atoms with E-state index in [2.05, 4.69) is 5.32 Å². The maximum Gasteiger partial charge on any atom is 0.245 e. The molecular formula is C14H25N3O3. The Morgan fingerprint density at radius 1 is 1.35 bits per heavy atom. The molecule has 0 aromatic rings. The minimum Gasteiger partial charge on any atom is -0.377 e. The van der Waals surface area contributed by atoms with Crippen LogP contribution in [0, 0.1) is 5.41 Å². The molecule has 1 unspecified atom stereocenters. The maximum atomic E-state index is 12.5. The number of hydrogen-bond donors (Lipinski definition) is 2. The van der Waals surface area contributed by atoms with E-state index in [0.29, 0.717) is 13.2 Å². The first-order valence-corrected chi connectivity index (χ1v) is 7.25. The summed E-state index contributed by atoms with van der Waals surface area (Å²) in [4.78, 5) is 26.3. The maximum absolute atomic E-state index is 12.5. The number of nitrogens with zero attached hydrogens (tertiary/aromatic N) is 1. The van der Waals surface area contributed by atoms with Crippen LogP contribution in [-0.2, 0) is 14.3 Å². The second-order valence-electron chi connectivity index (χ2n) is 6.75. The van der Waals surface area contributed by atoms with Gasteiger partial charge in [-0.15, -0.1) is 0 Å². The summed E-state index contributed by atoms with van der Waals surface area (Å²) in [6.45, 7) is 6.90. The minimum absolute atomic E-state index is 0.123. The summed E-state index contributed by atoms with van der Waals surface area (Å²) in [7, 11) is 0. The predicted octanol–water partition coefficient (Wildman–Crippen LogP) is -0.134. The topological polar surface area (TPSA) is 84.7 Å². The highest BCUT2D eigenvalue weighted by atomic mass is 16.5. The lowest BCUT2D eigenvalue weighted by molar-refractivity contribution is -0.151. The molecule has 2 rings (SSSR count). The van der Waals surface area contributed by atoms with Gasteiger partial charge in [0.15, 0.2) is 0 Å². The van der Waals surface area contributed by atoms with Crippen LogP contribution in [0.1, 0.15) is 33.6 Å². The standard InChI is InChI=1S/C14H25N3O3/c1-14(2,3)11(15)13(19)17-6-7-20-8-10(17)12(18)16-9-4-5-9/h9-11H,4-8,15H2,1-3H3,(H,16,18)/t10?,11-/m1/s1. The number of amides is 2. The van der Waals surface area contributed by atoms with Gasteiger partial charge in [0.2, 0.25) is 11.8 Å². The van der Waals surface area contributed by atoms with Gasteiger partial charge in [-0.25, -0.2) is 0 Å². The zero-order chi connectivity index (χ0) is 14.9. The largest absolute Gasteiger partial charge is 0.377 e. The highest BCUT2D eigenvalue weighted by Crippen LogP contribution is 2.22. The fourth-order valence-corrected chi connectivity index (χ4v) is 2.16. The monoisotopic (exact) mass is 283 g/mol. The highest BCUT2D eigenvalue weighted by Gasteiger charge is 2.39. The van der Waals surface area contributed by atoms with E-state index in [9.17, 15) is 9.59 Å². The van der Waals surface area contributed by atoms with E-state index in [1.54, 1.807) is 4.90 Å². The van der Waals surface area contributed by atoms with Crippen LogP contribution in [0.25, 0.3) is 0 Å². The number of rotatable bonds is 3. The number of hydrogen-bond acceptors (Lipinski definition) is 4. The third-order valence-corrected chi connectivity index (χ3v) is 3.84. The van der Waals surface area contributed by atoms with E-state index < -0.39 is 12.1 Å². The molecule has 20 heavy (non-hydrogen) atoms. The smallest absolute Gasteiger partial charge is 0.245 e. The van der Waals surface area contributed by atoms with Gasteiger partial charge in [-0.3, -0.25) is 9.59 Å². The molecule has 2 fully saturated rings. The summed E-state index contributed by atoms with van der Waals surface area (Å²) >= 11 is 0. The Morgan fingerprint density at radius 2 is 2.00 bits per heavy atom. The van der Waals surface area contributed by atoms with Crippen molar-refractivity contribution in [1.82, 2.24) is 10.2 Å². The molecule has 3 N–H and O–H groups in total. The van der Waals surface area contributed by atoms with Crippen molar-refractivity contribution in [3.05, 3.63) is 0 Å². The molecule has 1 aliphatic carbocycles. The third-order valence-electron chi connectivity index (χ3n) is 3.84. The van der Waals surface area contributed by atoms with Crippen LogP contribution in [0.2, 0.25) is 0 Å². The zero-order valence-corrected chi connectivity index (χ0v) is 12.5. The molecule has 6 heteroatoms. The van der Waals surface area contributed by atoms with Crippen LogP contribution in [0.4, 0.5) is 0 Å². The van der Waals surface area contributed by atoms with Crippen molar-refractivity contribution in [2.24, 2.45) is 11.1 Å². The van der Waals surface area contributed by atoms with Gasteiger partial charge < -0.3 is 20.7 Å². The number of carbonyl (C=O) groups excluding carboxylic acids is 2. The van der Waals surface area contributed by atoms with Crippen molar-refractivity contribution in [2.45, 2.75) is 51.7 Å². The Bertz CT molecular complexity index is 388. The van der Waals surface area contributed by atoms with Gasteiger partial charge in [-0.05, 0) is 18.3 Å². The normalized spacial score (nSPS) is 25.2. The summed E-state index contributed by atoms with van der Waals surface area (Å²) in [6, 6.07) is -0.889. The van der Waals surface area contributed by atoms with Crippen LogP contribution >= 0.6 is 0 Å². The third kappa shape index (κ3) is 3.49. The average molecular weight is 283 g/mol. The van der Waals surface area contributed by atoms with Gasteiger partial charge >= 0.3 is 0 Å². The SMILES string of the molecule is CC(C)(C)[C@H](N)C(=O)N1CCOCC1C(=O)NC1CC1. The summed E-state index contributed by atoms with van der Waals surface area (Å²) in [6.07, 6.45) is 2.05. The Kier molecular flexibility index (Phi) is 4.34. The average Bonchev–Trinajstić information content (AvgIpc) is 3.19. The molecule has 1 saturated carbocycles. The lowest BCUT2D eigenvalue weighted by Gasteiger charge is -2.38. The van der Waals surface area contributed by atoms with Crippen molar-refractivity contribution in [1.29, 1.82) is 0 Å². The first kappa shape index (κ1) is 15.3. The van der Waals surface area contributed by atoms with E-state index in [1.165, 1.54) is 0 Å². The van der Waals surface area contributed by atoms with Crippen molar-refractivity contribution < 1.29 is 14.3 Å². The molecule has 0 aromatic carbocycles. The molecule has 0 radical (unpaired) electrons. The van der Waals surface area contributed by atoms with E-state index in [1.807, 2.05) is 20.8 Å². The first-order valence-electron chi connectivity index (χ1n) is 7.25.